The molecule has 1 unspecified atom stereocenters. The third kappa shape index (κ3) is 12.2. The van der Waals surface area contributed by atoms with Crippen LogP contribution >= 0.6 is 0 Å². The van der Waals surface area contributed by atoms with Crippen molar-refractivity contribution in [2.75, 3.05) is 6.54 Å². The maximum absolute atomic E-state index is 3.78. The first-order chi connectivity index (χ1) is 8.49. The van der Waals surface area contributed by atoms with E-state index >= 15 is 0 Å². The lowest BCUT2D eigenvalue weighted by atomic mass is 9.87. The van der Waals surface area contributed by atoms with Gasteiger partial charge in [0.15, 0.2) is 0 Å². The summed E-state index contributed by atoms with van der Waals surface area (Å²) in [5.41, 5.74) is 0.467. The normalized spacial score (nSPS) is 13.6. The molecule has 0 spiro atoms. The Balaban J connectivity index is 3.80. The standard InChI is InChI=1S/C17H35N/c1-6-8-9-10-11-12-16(18-15-7-2)13-14-17(3,4)5/h6,16,18H,1,7-15H2,2-5H3. The number of allylic oxidation sites excluding steroid dienone is 1. The van der Waals surface area contributed by atoms with Gasteiger partial charge in [-0.3, -0.25) is 0 Å². The Bertz CT molecular complexity index is 190. The Morgan fingerprint density at radius 3 is 2.39 bits per heavy atom. The molecular formula is C17H35N. The van der Waals surface area contributed by atoms with E-state index in [1.54, 1.807) is 0 Å². The van der Waals surface area contributed by atoms with Crippen molar-refractivity contribution in [2.45, 2.75) is 85.1 Å². The van der Waals surface area contributed by atoms with Gasteiger partial charge < -0.3 is 5.32 Å². The zero-order valence-corrected chi connectivity index (χ0v) is 13.2. The van der Waals surface area contributed by atoms with Crippen molar-refractivity contribution < 1.29 is 0 Å². The molecule has 0 rings (SSSR count). The first-order valence-electron chi connectivity index (χ1n) is 7.84. The lowest BCUT2D eigenvalue weighted by Gasteiger charge is -2.24. The minimum atomic E-state index is 0.467. The number of nitrogens with one attached hydrogen (secondary N) is 1. The van der Waals surface area contributed by atoms with Crippen LogP contribution in [0.3, 0.4) is 0 Å². The van der Waals surface area contributed by atoms with Gasteiger partial charge in [-0.2, -0.15) is 0 Å². The highest BCUT2D eigenvalue weighted by Crippen LogP contribution is 2.23. The highest BCUT2D eigenvalue weighted by atomic mass is 14.9. The fraction of sp³-hybridized carbons (Fsp3) is 0.882. The molecule has 0 aromatic rings. The first-order valence-corrected chi connectivity index (χ1v) is 7.84. The quantitative estimate of drug-likeness (QED) is 0.388. The van der Waals surface area contributed by atoms with E-state index in [9.17, 15) is 0 Å². The van der Waals surface area contributed by atoms with E-state index in [1.807, 2.05) is 6.08 Å². The number of rotatable bonds is 11. The molecule has 0 heterocycles. The predicted octanol–water partition coefficient (Wildman–Crippen LogP) is 5.32. The molecular weight excluding hydrogens is 218 g/mol. The van der Waals surface area contributed by atoms with E-state index < -0.39 is 0 Å². The molecule has 0 bridgehead atoms. The number of unbranched alkanes of at least 4 members (excludes halogenated alkanes) is 3. The van der Waals surface area contributed by atoms with E-state index in [4.69, 9.17) is 0 Å². The summed E-state index contributed by atoms with van der Waals surface area (Å²) in [7, 11) is 0. The van der Waals surface area contributed by atoms with Gasteiger partial charge in [0.05, 0.1) is 0 Å². The average molecular weight is 253 g/mol. The van der Waals surface area contributed by atoms with Crippen LogP contribution in [0.25, 0.3) is 0 Å². The SMILES string of the molecule is C=CCCCCCC(CCC(C)(C)C)NCCC. The molecule has 1 heteroatoms. The van der Waals surface area contributed by atoms with Crippen LogP contribution in [-0.4, -0.2) is 12.6 Å². The third-order valence-electron chi connectivity index (χ3n) is 3.39. The van der Waals surface area contributed by atoms with Gasteiger partial charge >= 0.3 is 0 Å². The van der Waals surface area contributed by atoms with Crippen molar-refractivity contribution >= 4 is 0 Å². The molecule has 108 valence electrons. The maximum Gasteiger partial charge on any atom is 0.00672 e. The van der Waals surface area contributed by atoms with Crippen molar-refractivity contribution in [1.29, 1.82) is 0 Å². The summed E-state index contributed by atoms with van der Waals surface area (Å²) < 4.78 is 0. The molecule has 0 aliphatic rings. The smallest absolute Gasteiger partial charge is 0.00672 e. The molecule has 0 amide bonds. The second-order valence-electron chi connectivity index (χ2n) is 6.68. The van der Waals surface area contributed by atoms with Gasteiger partial charge in [-0.15, -0.1) is 6.58 Å². The second kappa shape index (κ2) is 10.6. The lowest BCUT2D eigenvalue weighted by molar-refractivity contribution is 0.319. The average Bonchev–Trinajstić information content (AvgIpc) is 2.30. The molecule has 0 fully saturated rings. The van der Waals surface area contributed by atoms with Crippen molar-refractivity contribution in [3.05, 3.63) is 12.7 Å². The van der Waals surface area contributed by atoms with E-state index in [-0.39, 0.29) is 0 Å². The molecule has 0 aliphatic heterocycles. The Hall–Kier alpha value is -0.300. The van der Waals surface area contributed by atoms with Crippen LogP contribution in [0.15, 0.2) is 12.7 Å². The van der Waals surface area contributed by atoms with Gasteiger partial charge in [0.25, 0.3) is 0 Å². The Morgan fingerprint density at radius 1 is 1.11 bits per heavy atom. The van der Waals surface area contributed by atoms with Crippen LogP contribution in [0.4, 0.5) is 0 Å². The van der Waals surface area contributed by atoms with Crippen LogP contribution < -0.4 is 5.32 Å². The summed E-state index contributed by atoms with van der Waals surface area (Å²) in [5, 5.41) is 3.71. The van der Waals surface area contributed by atoms with E-state index in [0.717, 1.165) is 6.04 Å². The van der Waals surface area contributed by atoms with Gasteiger partial charge in [-0.25, -0.2) is 0 Å². The lowest BCUT2D eigenvalue weighted by Crippen LogP contribution is -2.30. The second-order valence-corrected chi connectivity index (χ2v) is 6.68. The maximum atomic E-state index is 3.78. The summed E-state index contributed by atoms with van der Waals surface area (Å²) in [4.78, 5) is 0. The molecule has 18 heavy (non-hydrogen) atoms. The zero-order chi connectivity index (χ0) is 13.9. The van der Waals surface area contributed by atoms with Crippen molar-refractivity contribution in [2.24, 2.45) is 5.41 Å². The van der Waals surface area contributed by atoms with Crippen LogP contribution in [0.5, 0.6) is 0 Å². The summed E-state index contributed by atoms with van der Waals surface area (Å²) in [6, 6.07) is 0.730. The van der Waals surface area contributed by atoms with Gasteiger partial charge in [0.1, 0.15) is 0 Å². The van der Waals surface area contributed by atoms with Crippen LogP contribution in [0, 0.1) is 5.41 Å². The van der Waals surface area contributed by atoms with Gasteiger partial charge in [-0.1, -0.05) is 46.6 Å². The Kier molecular flexibility index (Phi) is 10.4. The molecule has 0 saturated carbocycles. The summed E-state index contributed by atoms with van der Waals surface area (Å²) in [6.45, 7) is 14.2. The number of hydrogen-bond acceptors (Lipinski definition) is 1. The summed E-state index contributed by atoms with van der Waals surface area (Å²) in [6.07, 6.45) is 12.5. The molecule has 0 aliphatic carbocycles. The fourth-order valence-corrected chi connectivity index (χ4v) is 2.16. The fourth-order valence-electron chi connectivity index (χ4n) is 2.16. The van der Waals surface area contributed by atoms with E-state index in [0.29, 0.717) is 5.41 Å². The third-order valence-corrected chi connectivity index (χ3v) is 3.39. The Labute approximate surface area is 115 Å². The highest BCUT2D eigenvalue weighted by molar-refractivity contribution is 4.72. The molecule has 1 nitrogen and oxygen atoms in total. The molecule has 1 N–H and O–H groups in total. The Morgan fingerprint density at radius 2 is 1.83 bits per heavy atom. The van der Waals surface area contributed by atoms with Crippen molar-refractivity contribution in [1.82, 2.24) is 5.32 Å². The zero-order valence-electron chi connectivity index (χ0n) is 13.2. The summed E-state index contributed by atoms with van der Waals surface area (Å²) >= 11 is 0. The van der Waals surface area contributed by atoms with E-state index in [2.05, 4.69) is 39.6 Å². The topological polar surface area (TPSA) is 12.0 Å². The monoisotopic (exact) mass is 253 g/mol. The molecule has 0 saturated heterocycles. The molecule has 0 radical (unpaired) electrons. The first kappa shape index (κ1) is 17.7. The minimum Gasteiger partial charge on any atom is -0.314 e. The van der Waals surface area contributed by atoms with Crippen LogP contribution in [0.2, 0.25) is 0 Å². The van der Waals surface area contributed by atoms with Gasteiger partial charge in [-0.05, 0) is 50.5 Å². The highest BCUT2D eigenvalue weighted by Gasteiger charge is 2.14. The van der Waals surface area contributed by atoms with Gasteiger partial charge in [0, 0.05) is 6.04 Å². The van der Waals surface area contributed by atoms with Gasteiger partial charge in [0.2, 0.25) is 0 Å². The molecule has 0 aromatic carbocycles. The largest absolute Gasteiger partial charge is 0.314 e. The van der Waals surface area contributed by atoms with Crippen LogP contribution in [0.1, 0.15) is 79.1 Å². The predicted molar refractivity (Wildman–Crippen MR) is 84.1 cm³/mol. The molecule has 0 aromatic heterocycles. The summed E-state index contributed by atoms with van der Waals surface area (Å²) in [5.74, 6) is 0. The van der Waals surface area contributed by atoms with Crippen molar-refractivity contribution in [3.8, 4) is 0 Å². The molecule has 1 atom stereocenters. The van der Waals surface area contributed by atoms with Crippen LogP contribution in [-0.2, 0) is 0 Å². The minimum absolute atomic E-state index is 0.467. The number of hydrogen-bond donors (Lipinski definition) is 1. The van der Waals surface area contributed by atoms with E-state index in [1.165, 1.54) is 57.9 Å². The van der Waals surface area contributed by atoms with Crippen molar-refractivity contribution in [3.63, 3.8) is 0 Å².